The van der Waals surface area contributed by atoms with Gasteiger partial charge < -0.3 is 9.80 Å². The summed E-state index contributed by atoms with van der Waals surface area (Å²) >= 11 is 0. The lowest BCUT2D eigenvalue weighted by atomic mass is 10.0. The lowest BCUT2D eigenvalue weighted by Gasteiger charge is -2.27. The van der Waals surface area contributed by atoms with Crippen LogP contribution in [0.1, 0.15) is 55.6 Å². The van der Waals surface area contributed by atoms with Crippen LogP contribution in [0.3, 0.4) is 0 Å². The SMILES string of the molecule is Cc1ccc(N(c2ccc(/C=C/c3ccc4cc(N(c5ccc(C)c(C)c5)c5ccc(C)c(C)c5)ccc4c3)cc2)c2ccc(C)c(C)c2)cc1C. The molecule has 0 radical (unpaired) electrons. The number of rotatable bonds is 8. The third-order valence-corrected chi connectivity index (χ3v) is 10.7. The van der Waals surface area contributed by atoms with Gasteiger partial charge in [0, 0.05) is 34.1 Å². The van der Waals surface area contributed by atoms with Crippen LogP contribution in [0.4, 0.5) is 34.1 Å². The summed E-state index contributed by atoms with van der Waals surface area (Å²) in [6.07, 6.45) is 4.42. The van der Waals surface area contributed by atoms with E-state index in [1.165, 1.54) is 83.6 Å². The zero-order valence-electron chi connectivity index (χ0n) is 31.8. The van der Waals surface area contributed by atoms with Gasteiger partial charge in [-0.25, -0.2) is 0 Å². The smallest absolute Gasteiger partial charge is 0.0468 e. The molecular formula is C50H48N2. The summed E-state index contributed by atoms with van der Waals surface area (Å²) in [6.45, 7) is 17.4. The Kier molecular flexibility index (Phi) is 9.58. The molecule has 2 heteroatoms. The average Bonchev–Trinajstić information content (AvgIpc) is 3.14. The van der Waals surface area contributed by atoms with Crippen molar-refractivity contribution in [1.82, 2.24) is 0 Å². The summed E-state index contributed by atoms with van der Waals surface area (Å²) in [5.74, 6) is 0. The molecule has 258 valence electrons. The van der Waals surface area contributed by atoms with Crippen molar-refractivity contribution in [1.29, 1.82) is 0 Å². The van der Waals surface area contributed by atoms with E-state index in [4.69, 9.17) is 0 Å². The predicted molar refractivity (Wildman–Crippen MR) is 227 cm³/mol. The van der Waals surface area contributed by atoms with Crippen LogP contribution in [0, 0.1) is 55.4 Å². The van der Waals surface area contributed by atoms with Crippen molar-refractivity contribution in [2.24, 2.45) is 0 Å². The van der Waals surface area contributed by atoms with Gasteiger partial charge in [-0.3, -0.25) is 0 Å². The number of aryl methyl sites for hydroxylation is 8. The standard InChI is InChI=1S/C50H48N2/c1-33-9-20-46(27-37(33)5)51(47-21-10-34(2)38(6)28-47)45-24-16-41(17-25-45)13-14-42-15-18-44-32-50(26-19-43(44)31-42)52(48-22-11-35(3)39(7)29-48)49-23-12-36(4)40(8)30-49/h9-32H,1-8H3/b14-13+. The first-order chi connectivity index (χ1) is 25.0. The van der Waals surface area contributed by atoms with Crippen LogP contribution < -0.4 is 9.80 Å². The molecule has 0 heterocycles. The van der Waals surface area contributed by atoms with Crippen LogP contribution in [0.25, 0.3) is 22.9 Å². The van der Waals surface area contributed by atoms with Gasteiger partial charge in [0.15, 0.2) is 0 Å². The lowest BCUT2D eigenvalue weighted by molar-refractivity contribution is 1.23. The highest BCUT2D eigenvalue weighted by molar-refractivity contribution is 5.91. The Bertz CT molecular complexity index is 2340. The molecule has 0 aliphatic carbocycles. The number of hydrogen-bond acceptors (Lipinski definition) is 2. The Morgan fingerprint density at radius 2 is 0.577 bits per heavy atom. The van der Waals surface area contributed by atoms with Gasteiger partial charge in [0.1, 0.15) is 0 Å². The molecule has 0 N–H and O–H groups in total. The van der Waals surface area contributed by atoms with E-state index in [0.717, 1.165) is 16.9 Å². The summed E-state index contributed by atoms with van der Waals surface area (Å²) in [4.78, 5) is 4.72. The number of fused-ring (bicyclic) bond motifs is 1. The molecule has 7 rings (SSSR count). The Morgan fingerprint density at radius 1 is 0.269 bits per heavy atom. The summed E-state index contributed by atoms with van der Waals surface area (Å²) in [5.41, 5.74) is 19.7. The first kappa shape index (κ1) is 34.6. The highest BCUT2D eigenvalue weighted by Gasteiger charge is 2.16. The molecule has 2 nitrogen and oxygen atoms in total. The van der Waals surface area contributed by atoms with E-state index in [-0.39, 0.29) is 0 Å². The Labute approximate surface area is 310 Å². The Balaban J connectivity index is 1.16. The molecule has 52 heavy (non-hydrogen) atoms. The van der Waals surface area contributed by atoms with Gasteiger partial charge in [0.2, 0.25) is 0 Å². The molecule has 7 aromatic rings. The molecule has 0 saturated heterocycles. The van der Waals surface area contributed by atoms with Crippen LogP contribution in [0.5, 0.6) is 0 Å². The monoisotopic (exact) mass is 676 g/mol. The first-order valence-electron chi connectivity index (χ1n) is 18.3. The van der Waals surface area contributed by atoms with Crippen LogP contribution in [0.2, 0.25) is 0 Å². The molecule has 0 aromatic heterocycles. The van der Waals surface area contributed by atoms with Gasteiger partial charge >= 0.3 is 0 Å². The topological polar surface area (TPSA) is 6.48 Å². The Morgan fingerprint density at radius 3 is 1.02 bits per heavy atom. The van der Waals surface area contributed by atoms with Gasteiger partial charge in [-0.15, -0.1) is 0 Å². The summed E-state index contributed by atoms with van der Waals surface area (Å²) in [6, 6.07) is 49.3. The third-order valence-electron chi connectivity index (χ3n) is 10.7. The van der Waals surface area contributed by atoms with Crippen LogP contribution in [-0.2, 0) is 0 Å². The first-order valence-corrected chi connectivity index (χ1v) is 18.3. The zero-order valence-corrected chi connectivity index (χ0v) is 31.8. The number of benzene rings is 7. The molecule has 7 aromatic carbocycles. The van der Waals surface area contributed by atoms with Crippen molar-refractivity contribution < 1.29 is 0 Å². The minimum absolute atomic E-state index is 1.14. The summed E-state index contributed by atoms with van der Waals surface area (Å²) < 4.78 is 0. The zero-order chi connectivity index (χ0) is 36.5. The molecule has 0 atom stereocenters. The van der Waals surface area contributed by atoms with Crippen LogP contribution in [-0.4, -0.2) is 0 Å². The molecule has 0 unspecified atom stereocenters. The largest absolute Gasteiger partial charge is 0.310 e. The molecule has 0 fully saturated rings. The molecular weight excluding hydrogens is 629 g/mol. The average molecular weight is 677 g/mol. The molecule has 0 amide bonds. The van der Waals surface area contributed by atoms with Crippen molar-refractivity contribution in [2.75, 3.05) is 9.80 Å². The van der Waals surface area contributed by atoms with E-state index in [2.05, 4.69) is 211 Å². The van der Waals surface area contributed by atoms with E-state index in [0.29, 0.717) is 0 Å². The molecule has 0 spiro atoms. The molecule has 0 aliphatic heterocycles. The van der Waals surface area contributed by atoms with Crippen LogP contribution >= 0.6 is 0 Å². The van der Waals surface area contributed by atoms with Gasteiger partial charge in [-0.05, 0) is 201 Å². The number of nitrogens with zero attached hydrogens (tertiary/aromatic N) is 2. The van der Waals surface area contributed by atoms with Gasteiger partial charge in [0.25, 0.3) is 0 Å². The van der Waals surface area contributed by atoms with E-state index >= 15 is 0 Å². The maximum Gasteiger partial charge on any atom is 0.0468 e. The van der Waals surface area contributed by atoms with Gasteiger partial charge in [0.05, 0.1) is 0 Å². The fourth-order valence-electron chi connectivity index (χ4n) is 6.77. The van der Waals surface area contributed by atoms with E-state index in [1.807, 2.05) is 0 Å². The summed E-state index contributed by atoms with van der Waals surface area (Å²) in [7, 11) is 0. The Hall–Kier alpha value is -5.86. The van der Waals surface area contributed by atoms with E-state index in [1.54, 1.807) is 0 Å². The lowest BCUT2D eigenvalue weighted by Crippen LogP contribution is -2.10. The minimum atomic E-state index is 1.14. The maximum atomic E-state index is 2.37. The van der Waals surface area contributed by atoms with Gasteiger partial charge in [-0.2, -0.15) is 0 Å². The highest BCUT2D eigenvalue weighted by atomic mass is 15.1. The quantitative estimate of drug-likeness (QED) is 0.148. The second-order valence-electron chi connectivity index (χ2n) is 14.5. The fourth-order valence-corrected chi connectivity index (χ4v) is 6.77. The van der Waals surface area contributed by atoms with Crippen molar-refractivity contribution in [3.63, 3.8) is 0 Å². The molecule has 0 bridgehead atoms. The third kappa shape index (κ3) is 7.16. The summed E-state index contributed by atoms with van der Waals surface area (Å²) in [5, 5.41) is 2.44. The molecule has 0 saturated carbocycles. The van der Waals surface area contributed by atoms with Crippen molar-refractivity contribution in [3.05, 3.63) is 189 Å². The fraction of sp³-hybridized carbons (Fsp3) is 0.160. The number of anilines is 6. The van der Waals surface area contributed by atoms with E-state index < -0.39 is 0 Å². The maximum absolute atomic E-state index is 2.37. The number of hydrogen-bond donors (Lipinski definition) is 0. The second-order valence-corrected chi connectivity index (χ2v) is 14.5. The van der Waals surface area contributed by atoms with Crippen molar-refractivity contribution in [2.45, 2.75) is 55.4 Å². The highest BCUT2D eigenvalue weighted by Crippen LogP contribution is 2.39. The van der Waals surface area contributed by atoms with Gasteiger partial charge in [-0.1, -0.05) is 66.7 Å². The normalized spacial score (nSPS) is 11.4. The van der Waals surface area contributed by atoms with Crippen molar-refractivity contribution >= 4 is 57.0 Å². The van der Waals surface area contributed by atoms with Crippen LogP contribution in [0.15, 0.2) is 133 Å². The minimum Gasteiger partial charge on any atom is -0.310 e. The predicted octanol–water partition coefficient (Wildman–Crippen LogP) is 14.4. The molecule has 0 aliphatic rings. The second kappa shape index (κ2) is 14.4. The van der Waals surface area contributed by atoms with Crippen molar-refractivity contribution in [3.8, 4) is 0 Å². The van der Waals surface area contributed by atoms with E-state index in [9.17, 15) is 0 Å².